The maximum atomic E-state index is 6.36. The summed E-state index contributed by atoms with van der Waals surface area (Å²) >= 11 is 1.88. The minimum absolute atomic E-state index is 0.0224. The van der Waals surface area contributed by atoms with E-state index in [9.17, 15) is 0 Å². The first kappa shape index (κ1) is 50.2. The van der Waals surface area contributed by atoms with Crippen molar-refractivity contribution >= 4 is 88.6 Å². The summed E-state index contributed by atoms with van der Waals surface area (Å²) in [5, 5.41) is 2.62. The number of benzene rings is 9. The van der Waals surface area contributed by atoms with Gasteiger partial charge in [0.2, 0.25) is 6.79 Å². The van der Waals surface area contributed by atoms with Crippen LogP contribution in [0.15, 0.2) is 200 Å². The minimum Gasteiger partial charge on any atom is -0.454 e. The van der Waals surface area contributed by atoms with E-state index >= 15 is 0 Å². The Morgan fingerprint density at radius 1 is 0.475 bits per heavy atom. The quantitative estimate of drug-likeness (QED) is 0.155. The zero-order valence-electron chi connectivity index (χ0n) is 47.7. The van der Waals surface area contributed by atoms with Crippen LogP contribution in [-0.4, -0.2) is 19.5 Å². The van der Waals surface area contributed by atoms with Gasteiger partial charge < -0.3 is 19.3 Å². The molecule has 10 aromatic rings. The van der Waals surface area contributed by atoms with Crippen LogP contribution in [-0.2, 0) is 10.8 Å². The van der Waals surface area contributed by atoms with E-state index in [-0.39, 0.29) is 35.8 Å². The number of thiophene rings is 1. The molecule has 0 amide bonds. The van der Waals surface area contributed by atoms with E-state index < -0.39 is 0 Å². The van der Waals surface area contributed by atoms with E-state index in [0.717, 1.165) is 35.0 Å². The van der Waals surface area contributed by atoms with Crippen molar-refractivity contribution in [3.05, 3.63) is 222 Å². The third-order valence-electron chi connectivity index (χ3n) is 17.3. The second-order valence-corrected chi connectivity index (χ2v) is 26.8. The van der Waals surface area contributed by atoms with Crippen LogP contribution >= 0.6 is 11.3 Å². The van der Waals surface area contributed by atoms with Crippen molar-refractivity contribution in [1.82, 2.24) is 0 Å². The molecule has 1 unspecified atom stereocenters. The molecule has 4 heterocycles. The number of anilines is 5. The lowest BCUT2D eigenvalue weighted by molar-refractivity contribution is 0.174. The highest BCUT2D eigenvalue weighted by Gasteiger charge is 2.46. The lowest BCUT2D eigenvalue weighted by Crippen LogP contribution is -2.63. The van der Waals surface area contributed by atoms with Gasteiger partial charge in [0.1, 0.15) is 0 Å². The van der Waals surface area contributed by atoms with Crippen molar-refractivity contribution in [2.45, 2.75) is 92.5 Å². The van der Waals surface area contributed by atoms with E-state index in [2.05, 4.69) is 273 Å². The Morgan fingerprint density at radius 3 is 1.74 bits per heavy atom. The number of hydrogen-bond donors (Lipinski definition) is 0. The molecule has 4 nitrogen and oxygen atoms in total. The zero-order chi connectivity index (χ0) is 55.0. The Hall–Kier alpha value is -8.06. The Balaban J connectivity index is 1.04. The molecule has 0 bridgehead atoms. The number of aryl methyl sites for hydroxylation is 1. The molecular formula is C74H67BN2O2S. The van der Waals surface area contributed by atoms with Gasteiger partial charge in [-0.1, -0.05) is 196 Å². The van der Waals surface area contributed by atoms with Gasteiger partial charge in [0.15, 0.2) is 11.5 Å². The molecule has 0 spiro atoms. The molecule has 6 heteroatoms. The smallest absolute Gasteiger partial charge is 0.252 e. The lowest BCUT2D eigenvalue weighted by Gasteiger charge is -2.48. The normalized spacial score (nSPS) is 15.7. The average Bonchev–Trinajstić information content (AvgIpc) is 4.21. The minimum atomic E-state index is -0.133. The molecule has 4 aliphatic rings. The van der Waals surface area contributed by atoms with Crippen LogP contribution in [0.1, 0.15) is 91.0 Å². The molecule has 9 aromatic carbocycles. The van der Waals surface area contributed by atoms with Gasteiger partial charge in [-0.2, -0.15) is 0 Å². The van der Waals surface area contributed by atoms with E-state index in [4.69, 9.17) is 9.47 Å². The number of nitrogens with zero attached hydrogens (tertiary/aromatic N) is 2. The maximum Gasteiger partial charge on any atom is 0.252 e. The molecule has 394 valence electrons. The van der Waals surface area contributed by atoms with Crippen molar-refractivity contribution in [3.63, 3.8) is 0 Å². The van der Waals surface area contributed by atoms with E-state index in [1.807, 2.05) is 11.3 Å². The third-order valence-corrected chi connectivity index (χ3v) is 18.4. The summed E-state index contributed by atoms with van der Waals surface area (Å²) in [7, 11) is 0. The van der Waals surface area contributed by atoms with Crippen molar-refractivity contribution in [2.24, 2.45) is 5.41 Å². The van der Waals surface area contributed by atoms with Crippen LogP contribution in [0.3, 0.4) is 0 Å². The summed E-state index contributed by atoms with van der Waals surface area (Å²) in [6, 6.07) is 69.5. The van der Waals surface area contributed by atoms with Gasteiger partial charge in [-0.15, -0.1) is 11.3 Å². The second kappa shape index (κ2) is 18.5. The summed E-state index contributed by atoms with van der Waals surface area (Å²) in [5.41, 5.74) is 24.5. The summed E-state index contributed by atoms with van der Waals surface area (Å²) in [6.45, 7) is 23.1. The molecule has 0 fully saturated rings. The molecule has 0 N–H and O–H groups in total. The standard InChI is InChI=1S/C74H67BN2O2S/c1-45-34-65-71-66(35-45)77(62-33-30-55(74(8,9)10)41-59(62)48-16-12-11-13-17-48)64-43-68-67(78-44-79-68)42-61(64)75(71)60-39-49(50-24-31-58-57-18-14-15-19-69(57)80-70(58)40-50)25-32-63(60)76(65)56-37-51(46-20-26-53(27-21-46)72(2,3)4)36-52(38-56)47-22-28-54(29-23-47)73(5,6)7/h11-32,34-43,62H,33,44H2,1-10H3. The fourth-order valence-corrected chi connectivity index (χ4v) is 14.2. The molecule has 3 aliphatic heterocycles. The summed E-state index contributed by atoms with van der Waals surface area (Å²) in [4.78, 5) is 5.27. The summed E-state index contributed by atoms with van der Waals surface area (Å²) in [6.07, 6.45) is 5.82. The topological polar surface area (TPSA) is 24.9 Å². The Bertz CT molecular complexity index is 4130. The van der Waals surface area contributed by atoms with Gasteiger partial charge in [0, 0.05) is 54.7 Å². The van der Waals surface area contributed by atoms with Gasteiger partial charge in [0.25, 0.3) is 6.71 Å². The molecule has 14 rings (SSSR count). The number of hydrogen-bond acceptors (Lipinski definition) is 5. The highest BCUT2D eigenvalue weighted by Crippen LogP contribution is 2.50. The van der Waals surface area contributed by atoms with Crippen LogP contribution in [0.2, 0.25) is 0 Å². The predicted molar refractivity (Wildman–Crippen MR) is 342 cm³/mol. The SMILES string of the molecule is Cc1cc2c3c(c1)N(C1CC=C(C(C)(C)C)C=C1c1ccccc1)c1cc4c(cc1B3c1cc(-c3ccc5c(c3)sc3ccccc35)ccc1N2c1cc(-c2ccc(C(C)(C)C)cc2)cc(-c2ccc(C(C)(C)C)cc2)c1)OCO4. The molecule has 0 radical (unpaired) electrons. The van der Waals surface area contributed by atoms with Crippen molar-refractivity contribution in [1.29, 1.82) is 0 Å². The third kappa shape index (κ3) is 8.49. The Kier molecular flexibility index (Phi) is 11.6. The molecule has 1 aliphatic carbocycles. The number of allylic oxidation sites excluding steroid dienone is 2. The van der Waals surface area contributed by atoms with Crippen LogP contribution in [0.4, 0.5) is 28.4 Å². The van der Waals surface area contributed by atoms with Gasteiger partial charge in [-0.25, -0.2) is 0 Å². The molecule has 0 saturated carbocycles. The average molecular weight is 1060 g/mol. The maximum absolute atomic E-state index is 6.36. The number of fused-ring (bicyclic) bond motifs is 8. The van der Waals surface area contributed by atoms with Crippen LogP contribution in [0, 0.1) is 12.3 Å². The Labute approximate surface area is 476 Å². The fourth-order valence-electron chi connectivity index (χ4n) is 13.0. The molecule has 80 heavy (non-hydrogen) atoms. The van der Waals surface area contributed by atoms with Crippen molar-refractivity contribution in [2.75, 3.05) is 16.6 Å². The molecule has 0 saturated heterocycles. The van der Waals surface area contributed by atoms with E-state index in [0.29, 0.717) is 0 Å². The van der Waals surface area contributed by atoms with Crippen LogP contribution in [0.25, 0.3) is 59.1 Å². The van der Waals surface area contributed by atoms with Crippen LogP contribution in [0.5, 0.6) is 11.5 Å². The predicted octanol–water partition coefficient (Wildman–Crippen LogP) is 18.3. The van der Waals surface area contributed by atoms with Crippen molar-refractivity contribution < 1.29 is 9.47 Å². The van der Waals surface area contributed by atoms with Gasteiger partial charge in [0.05, 0.1) is 6.04 Å². The largest absolute Gasteiger partial charge is 0.454 e. The lowest BCUT2D eigenvalue weighted by atomic mass is 9.33. The highest BCUT2D eigenvalue weighted by molar-refractivity contribution is 7.25. The van der Waals surface area contributed by atoms with Crippen LogP contribution < -0.4 is 35.7 Å². The first-order valence-electron chi connectivity index (χ1n) is 28.5. The number of rotatable bonds is 6. The van der Waals surface area contributed by atoms with E-state index in [1.54, 1.807) is 0 Å². The first-order valence-corrected chi connectivity index (χ1v) is 29.3. The Morgan fingerprint density at radius 2 is 1.06 bits per heavy atom. The molecule has 1 atom stereocenters. The number of ether oxygens (including phenoxy) is 2. The summed E-state index contributed by atoms with van der Waals surface area (Å²) in [5.74, 6) is 1.58. The first-order chi connectivity index (χ1) is 38.4. The fraction of sp³-hybridized carbons (Fsp3) is 0.216. The highest BCUT2D eigenvalue weighted by atomic mass is 32.1. The second-order valence-electron chi connectivity index (χ2n) is 25.8. The molecular weight excluding hydrogens is 992 g/mol. The van der Waals surface area contributed by atoms with Gasteiger partial charge >= 0.3 is 0 Å². The van der Waals surface area contributed by atoms with Gasteiger partial charge in [-0.3, -0.25) is 0 Å². The van der Waals surface area contributed by atoms with Gasteiger partial charge in [-0.05, 0) is 167 Å². The van der Waals surface area contributed by atoms with Crippen molar-refractivity contribution in [3.8, 4) is 44.9 Å². The molecule has 1 aromatic heterocycles. The summed E-state index contributed by atoms with van der Waals surface area (Å²) < 4.78 is 15.3. The van der Waals surface area contributed by atoms with E-state index in [1.165, 1.54) is 115 Å². The monoisotopic (exact) mass is 1060 g/mol. The zero-order valence-corrected chi connectivity index (χ0v) is 48.5.